The van der Waals surface area contributed by atoms with Crippen LogP contribution in [0.3, 0.4) is 0 Å². The minimum atomic E-state index is -0.631. The van der Waals surface area contributed by atoms with Gasteiger partial charge >= 0.3 is 11.4 Å². The molecular weight excluding hydrogens is 397 g/mol. The van der Waals surface area contributed by atoms with Crippen LogP contribution in [0.5, 0.6) is 11.5 Å². The Morgan fingerprint density at radius 2 is 1.66 bits per heavy atom. The average molecular weight is 417 g/mol. The Kier molecular flexibility index (Phi) is 6.71. The fraction of sp³-hybridized carbons (Fsp3) is 0.250. The van der Waals surface area contributed by atoms with Gasteiger partial charge in [0.1, 0.15) is 23.9 Å². The molecule has 152 valence electrons. The minimum absolute atomic E-state index is 0.0271. The Morgan fingerprint density at radius 3 is 2.28 bits per heavy atom. The Morgan fingerprint density at radius 1 is 1.00 bits per heavy atom. The summed E-state index contributed by atoms with van der Waals surface area (Å²) in [7, 11) is 1.58. The summed E-state index contributed by atoms with van der Waals surface area (Å²) >= 11 is 1.23. The van der Waals surface area contributed by atoms with E-state index in [2.05, 4.69) is 4.98 Å². The Labute approximate surface area is 170 Å². The van der Waals surface area contributed by atoms with E-state index < -0.39 is 11.4 Å². The summed E-state index contributed by atoms with van der Waals surface area (Å²) in [6.45, 7) is 0.369. The molecule has 0 saturated carbocycles. The van der Waals surface area contributed by atoms with Gasteiger partial charge in [0.25, 0.3) is 0 Å². The lowest BCUT2D eigenvalue weighted by Crippen LogP contribution is -2.43. The zero-order valence-electron chi connectivity index (χ0n) is 16.0. The van der Waals surface area contributed by atoms with Crippen LogP contribution in [-0.4, -0.2) is 34.1 Å². The second-order valence-corrected chi connectivity index (χ2v) is 6.83. The normalized spacial score (nSPS) is 10.7. The van der Waals surface area contributed by atoms with E-state index in [1.807, 2.05) is 12.1 Å². The third kappa shape index (κ3) is 5.05. The van der Waals surface area contributed by atoms with Crippen molar-refractivity contribution in [3.05, 3.63) is 80.9 Å². The molecule has 0 spiro atoms. The number of methoxy groups -OCH3 is 1. The van der Waals surface area contributed by atoms with Crippen LogP contribution in [-0.2, 0) is 13.1 Å². The molecule has 0 amide bonds. The smallest absolute Gasteiger partial charge is 0.354 e. The van der Waals surface area contributed by atoms with Gasteiger partial charge in [-0.25, -0.2) is 18.5 Å². The van der Waals surface area contributed by atoms with Crippen LogP contribution in [0.25, 0.3) is 0 Å². The summed E-state index contributed by atoms with van der Waals surface area (Å²) in [5, 5.41) is 0.339. The lowest BCUT2D eigenvalue weighted by Gasteiger charge is -2.14. The summed E-state index contributed by atoms with van der Waals surface area (Å²) in [5.74, 6) is 0.797. The van der Waals surface area contributed by atoms with Gasteiger partial charge in [0, 0.05) is 0 Å². The number of thioether (sulfide) groups is 1. The lowest BCUT2D eigenvalue weighted by molar-refractivity contribution is 0.288. The first kappa shape index (κ1) is 20.7. The lowest BCUT2D eigenvalue weighted by atomic mass is 10.2. The SMILES string of the molecule is COc1ccc(Cn2c(SC)nc(=O)n(CCOc3ccc(F)cc3)c2=O)cc1. The molecule has 0 N–H and O–H groups in total. The largest absolute Gasteiger partial charge is 0.497 e. The van der Waals surface area contributed by atoms with Gasteiger partial charge in [0.15, 0.2) is 5.16 Å². The minimum Gasteiger partial charge on any atom is -0.497 e. The molecule has 3 aromatic rings. The van der Waals surface area contributed by atoms with Gasteiger partial charge in [-0.1, -0.05) is 23.9 Å². The first-order valence-corrected chi connectivity index (χ1v) is 10.0. The quantitative estimate of drug-likeness (QED) is 0.524. The van der Waals surface area contributed by atoms with E-state index in [4.69, 9.17) is 9.47 Å². The van der Waals surface area contributed by atoms with E-state index in [0.29, 0.717) is 16.7 Å². The predicted molar refractivity (Wildman–Crippen MR) is 109 cm³/mol. The summed E-state index contributed by atoms with van der Waals surface area (Å²) in [6, 6.07) is 12.8. The van der Waals surface area contributed by atoms with Gasteiger partial charge in [-0.05, 0) is 48.2 Å². The molecule has 1 heterocycles. The van der Waals surface area contributed by atoms with Crippen molar-refractivity contribution >= 4 is 11.8 Å². The van der Waals surface area contributed by atoms with Gasteiger partial charge in [-0.2, -0.15) is 4.98 Å². The fourth-order valence-corrected chi connectivity index (χ4v) is 3.23. The number of nitrogens with zero attached hydrogens (tertiary/aromatic N) is 3. The highest BCUT2D eigenvalue weighted by molar-refractivity contribution is 7.98. The van der Waals surface area contributed by atoms with Crippen molar-refractivity contribution in [1.29, 1.82) is 0 Å². The third-order valence-corrected chi connectivity index (χ3v) is 4.87. The van der Waals surface area contributed by atoms with Gasteiger partial charge in [0.05, 0.1) is 20.2 Å². The number of benzene rings is 2. The van der Waals surface area contributed by atoms with Crippen molar-refractivity contribution in [2.45, 2.75) is 18.2 Å². The molecular formula is C20H20FN3O4S. The maximum Gasteiger partial charge on any atom is 0.354 e. The molecule has 0 saturated heterocycles. The van der Waals surface area contributed by atoms with Crippen LogP contribution in [0, 0.1) is 5.82 Å². The van der Waals surface area contributed by atoms with E-state index >= 15 is 0 Å². The molecule has 0 bridgehead atoms. The molecule has 1 aromatic heterocycles. The van der Waals surface area contributed by atoms with Crippen LogP contribution < -0.4 is 20.9 Å². The second-order valence-electron chi connectivity index (χ2n) is 6.05. The highest BCUT2D eigenvalue weighted by atomic mass is 32.2. The van der Waals surface area contributed by atoms with Gasteiger partial charge in [-0.3, -0.25) is 4.57 Å². The van der Waals surface area contributed by atoms with Crippen LogP contribution in [0.15, 0.2) is 63.3 Å². The zero-order valence-corrected chi connectivity index (χ0v) is 16.8. The van der Waals surface area contributed by atoms with Crippen molar-refractivity contribution in [2.75, 3.05) is 20.0 Å². The topological polar surface area (TPSA) is 75.3 Å². The van der Waals surface area contributed by atoms with Crippen LogP contribution >= 0.6 is 11.8 Å². The molecule has 29 heavy (non-hydrogen) atoms. The zero-order chi connectivity index (χ0) is 20.8. The van der Waals surface area contributed by atoms with E-state index in [1.54, 1.807) is 25.5 Å². The van der Waals surface area contributed by atoms with E-state index in [9.17, 15) is 14.0 Å². The highest BCUT2D eigenvalue weighted by Crippen LogP contribution is 2.14. The molecule has 9 heteroatoms. The molecule has 0 atom stereocenters. The summed E-state index contributed by atoms with van der Waals surface area (Å²) in [5.41, 5.74) is -0.223. The molecule has 2 aromatic carbocycles. The molecule has 0 fully saturated rings. The number of rotatable bonds is 8. The van der Waals surface area contributed by atoms with Crippen molar-refractivity contribution < 1.29 is 13.9 Å². The predicted octanol–water partition coefficient (Wildman–Crippen LogP) is 2.40. The van der Waals surface area contributed by atoms with Gasteiger partial charge in [-0.15, -0.1) is 0 Å². The van der Waals surface area contributed by atoms with Crippen molar-refractivity contribution in [2.24, 2.45) is 0 Å². The fourth-order valence-electron chi connectivity index (χ4n) is 2.69. The molecule has 7 nitrogen and oxygen atoms in total. The van der Waals surface area contributed by atoms with Crippen LogP contribution in [0.2, 0.25) is 0 Å². The molecule has 0 aliphatic heterocycles. The molecule has 0 radical (unpaired) electrons. The molecule has 0 aliphatic carbocycles. The highest BCUT2D eigenvalue weighted by Gasteiger charge is 2.13. The third-order valence-electron chi connectivity index (χ3n) is 4.19. The van der Waals surface area contributed by atoms with Crippen LogP contribution in [0.1, 0.15) is 5.56 Å². The Balaban J connectivity index is 1.81. The van der Waals surface area contributed by atoms with Gasteiger partial charge < -0.3 is 9.47 Å². The summed E-state index contributed by atoms with van der Waals surface area (Å²) in [4.78, 5) is 29.2. The van der Waals surface area contributed by atoms with Crippen LogP contribution in [0.4, 0.5) is 4.39 Å². The first-order chi connectivity index (χ1) is 14.0. The Hall–Kier alpha value is -3.07. The molecule has 0 unspecified atom stereocenters. The maximum absolute atomic E-state index is 13.0. The van der Waals surface area contributed by atoms with Crippen molar-refractivity contribution in [1.82, 2.24) is 14.1 Å². The van der Waals surface area contributed by atoms with Gasteiger partial charge in [0.2, 0.25) is 0 Å². The number of hydrogen-bond donors (Lipinski definition) is 0. The second kappa shape index (κ2) is 9.42. The number of halogens is 1. The van der Waals surface area contributed by atoms with E-state index in [0.717, 1.165) is 10.1 Å². The first-order valence-electron chi connectivity index (χ1n) is 8.79. The average Bonchev–Trinajstić information content (AvgIpc) is 2.74. The molecule has 0 aliphatic rings. The Bertz CT molecular complexity index is 1080. The number of ether oxygens (including phenoxy) is 2. The molecule has 3 rings (SSSR count). The number of hydrogen-bond acceptors (Lipinski definition) is 6. The number of aromatic nitrogens is 3. The van der Waals surface area contributed by atoms with Crippen molar-refractivity contribution in [3.63, 3.8) is 0 Å². The standard InChI is InChI=1S/C20H20FN3O4S/c1-27-16-7-3-14(4-8-16)13-24-19(29-2)22-18(25)23(20(24)26)11-12-28-17-9-5-15(21)6-10-17/h3-10H,11-13H2,1-2H3. The monoisotopic (exact) mass is 417 g/mol. The van der Waals surface area contributed by atoms with E-state index in [1.165, 1.54) is 40.6 Å². The summed E-state index contributed by atoms with van der Waals surface area (Å²) in [6.07, 6.45) is 1.76. The summed E-state index contributed by atoms with van der Waals surface area (Å²) < 4.78 is 26.1. The maximum atomic E-state index is 13.0. The van der Waals surface area contributed by atoms with E-state index in [-0.39, 0.29) is 25.5 Å². The van der Waals surface area contributed by atoms with Crippen molar-refractivity contribution in [3.8, 4) is 11.5 Å².